The van der Waals surface area contributed by atoms with Crippen LogP contribution in [0.15, 0.2) is 17.0 Å². The number of hydrogen-bond acceptors (Lipinski definition) is 4. The third-order valence-corrected chi connectivity index (χ3v) is 0.656. The van der Waals surface area contributed by atoms with Gasteiger partial charge in [-0.25, -0.2) is 5.06 Å². The normalized spacial score (nSPS) is 18.6. The van der Waals surface area contributed by atoms with Gasteiger partial charge in [-0.3, -0.25) is 10.2 Å². The Morgan fingerprint density at radius 2 is 2.38 bits per heavy atom. The van der Waals surface area contributed by atoms with Crippen LogP contribution in [0.2, 0.25) is 0 Å². The molecule has 1 heterocycles. The van der Waals surface area contributed by atoms with E-state index in [2.05, 4.69) is 4.99 Å². The summed E-state index contributed by atoms with van der Waals surface area (Å²) in [5.74, 6) is -0.0602. The van der Waals surface area contributed by atoms with Crippen molar-refractivity contribution in [1.29, 1.82) is 0 Å². The first-order valence-corrected chi connectivity index (χ1v) is 2.03. The van der Waals surface area contributed by atoms with Gasteiger partial charge in [0.2, 0.25) is 0 Å². The maximum Gasteiger partial charge on any atom is 0.187 e. The van der Waals surface area contributed by atoms with Crippen LogP contribution < -0.4 is 0 Å². The predicted molar refractivity (Wildman–Crippen MR) is 27.1 cm³/mol. The van der Waals surface area contributed by atoms with Crippen molar-refractivity contribution in [1.82, 2.24) is 5.06 Å². The largest absolute Gasteiger partial charge is 0.505 e. The molecule has 0 aromatic heterocycles. The van der Waals surface area contributed by atoms with E-state index < -0.39 is 0 Å². The quantitative estimate of drug-likeness (QED) is 0.474. The van der Waals surface area contributed by atoms with E-state index in [1.54, 1.807) is 0 Å². The first-order chi connectivity index (χ1) is 3.79. The van der Waals surface area contributed by atoms with E-state index in [4.69, 9.17) is 10.3 Å². The van der Waals surface area contributed by atoms with E-state index in [-0.39, 0.29) is 5.76 Å². The van der Waals surface area contributed by atoms with Crippen LogP contribution in [0, 0.1) is 6.67 Å². The molecular weight excluding hydrogens is 108 g/mol. The minimum absolute atomic E-state index is 0.0602. The van der Waals surface area contributed by atoms with Crippen LogP contribution >= 0.6 is 0 Å². The van der Waals surface area contributed by atoms with E-state index in [9.17, 15) is 0 Å². The molecule has 1 radical (unpaired) electrons. The van der Waals surface area contributed by atoms with Crippen molar-refractivity contribution >= 4 is 6.21 Å². The molecule has 0 amide bonds. The zero-order valence-corrected chi connectivity index (χ0v) is 4.02. The van der Waals surface area contributed by atoms with Crippen molar-refractivity contribution in [3.05, 3.63) is 18.6 Å². The van der Waals surface area contributed by atoms with E-state index in [1.807, 2.05) is 0 Å². The van der Waals surface area contributed by atoms with Gasteiger partial charge in [-0.15, -0.1) is 0 Å². The molecule has 0 spiro atoms. The summed E-state index contributed by atoms with van der Waals surface area (Å²) in [5.41, 5.74) is 0. The lowest BCUT2D eigenvalue weighted by Gasteiger charge is -2.09. The first kappa shape index (κ1) is 5.11. The molecule has 0 aromatic rings. The molecule has 0 aromatic carbocycles. The highest BCUT2D eigenvalue weighted by Crippen LogP contribution is 1.98. The standard InChI is InChI=1S/C4H5N2O2/c7-4-1-5-3-6(8)2-4/h1-3,7-8H. The van der Waals surface area contributed by atoms with Gasteiger partial charge in [0.1, 0.15) is 0 Å². The summed E-state index contributed by atoms with van der Waals surface area (Å²) in [7, 11) is 0. The van der Waals surface area contributed by atoms with Crippen LogP contribution in [0.1, 0.15) is 0 Å². The Balaban J connectivity index is 2.63. The molecule has 1 rings (SSSR count). The van der Waals surface area contributed by atoms with Crippen molar-refractivity contribution in [2.75, 3.05) is 0 Å². The fourth-order valence-electron chi connectivity index (χ4n) is 0.380. The summed E-state index contributed by atoms with van der Waals surface area (Å²) >= 11 is 0. The molecule has 0 bridgehead atoms. The molecule has 0 saturated heterocycles. The molecule has 0 atom stereocenters. The maximum atomic E-state index is 8.57. The van der Waals surface area contributed by atoms with Gasteiger partial charge in [-0.2, -0.15) is 0 Å². The molecule has 0 aliphatic carbocycles. The highest BCUT2D eigenvalue weighted by Gasteiger charge is 1.99. The number of aliphatic hydroxyl groups is 1. The third-order valence-electron chi connectivity index (χ3n) is 0.656. The zero-order valence-electron chi connectivity index (χ0n) is 4.02. The topological polar surface area (TPSA) is 56.1 Å². The van der Waals surface area contributed by atoms with Crippen molar-refractivity contribution in [3.63, 3.8) is 0 Å². The molecule has 43 valence electrons. The SMILES string of the molecule is OC1=CN(O)[CH]N=C1. The minimum Gasteiger partial charge on any atom is -0.505 e. The average Bonchev–Trinajstić information content (AvgIpc) is 1.64. The smallest absolute Gasteiger partial charge is 0.187 e. The van der Waals surface area contributed by atoms with Gasteiger partial charge in [0.05, 0.1) is 12.4 Å². The molecule has 0 unspecified atom stereocenters. The van der Waals surface area contributed by atoms with Crippen LogP contribution in [0.5, 0.6) is 0 Å². The summed E-state index contributed by atoms with van der Waals surface area (Å²) in [6.45, 7) is 1.17. The van der Waals surface area contributed by atoms with Crippen LogP contribution in [0.25, 0.3) is 0 Å². The molecule has 8 heavy (non-hydrogen) atoms. The Bertz CT molecular complexity index is 141. The van der Waals surface area contributed by atoms with Crippen molar-refractivity contribution < 1.29 is 10.3 Å². The Labute approximate surface area is 46.3 Å². The van der Waals surface area contributed by atoms with E-state index in [1.165, 1.54) is 12.9 Å². The molecule has 2 N–H and O–H groups in total. The molecular formula is C4H5N2O2. The van der Waals surface area contributed by atoms with Crippen LogP contribution in [0.3, 0.4) is 0 Å². The third kappa shape index (κ3) is 0.974. The van der Waals surface area contributed by atoms with E-state index >= 15 is 0 Å². The first-order valence-electron chi connectivity index (χ1n) is 2.03. The van der Waals surface area contributed by atoms with Gasteiger partial charge in [0.25, 0.3) is 0 Å². The van der Waals surface area contributed by atoms with Crippen LogP contribution in [-0.4, -0.2) is 21.6 Å². The summed E-state index contributed by atoms with van der Waals surface area (Å²) < 4.78 is 0. The van der Waals surface area contributed by atoms with Gasteiger partial charge in [0, 0.05) is 0 Å². The van der Waals surface area contributed by atoms with Gasteiger partial charge in [-0.1, -0.05) is 0 Å². The maximum absolute atomic E-state index is 8.57. The number of allylic oxidation sites excluding steroid dienone is 1. The Morgan fingerprint density at radius 3 is 2.75 bits per heavy atom. The van der Waals surface area contributed by atoms with E-state index in [0.717, 1.165) is 6.20 Å². The minimum atomic E-state index is -0.0602. The predicted octanol–water partition coefficient (Wildman–Crippen LogP) is 0.281. The van der Waals surface area contributed by atoms with Gasteiger partial charge < -0.3 is 5.11 Å². The Morgan fingerprint density at radius 1 is 1.62 bits per heavy atom. The second-order valence-corrected chi connectivity index (χ2v) is 1.33. The van der Waals surface area contributed by atoms with Crippen molar-refractivity contribution in [3.8, 4) is 0 Å². The van der Waals surface area contributed by atoms with Crippen molar-refractivity contribution in [2.24, 2.45) is 4.99 Å². The number of aliphatic hydroxyl groups excluding tert-OH is 1. The lowest BCUT2D eigenvalue weighted by Crippen LogP contribution is -2.11. The molecule has 4 nitrogen and oxygen atoms in total. The Hall–Kier alpha value is -1.03. The fraction of sp³-hybridized carbons (Fsp3) is 0. The van der Waals surface area contributed by atoms with Gasteiger partial charge >= 0.3 is 0 Å². The van der Waals surface area contributed by atoms with Gasteiger partial charge in [0.15, 0.2) is 12.4 Å². The summed E-state index contributed by atoms with van der Waals surface area (Å²) in [6, 6.07) is 0. The highest BCUT2D eigenvalue weighted by molar-refractivity contribution is 5.76. The van der Waals surface area contributed by atoms with Crippen LogP contribution in [-0.2, 0) is 0 Å². The lowest BCUT2D eigenvalue weighted by molar-refractivity contribution is -0.0142. The summed E-state index contributed by atoms with van der Waals surface area (Å²) in [5, 5.41) is 17.8. The number of hydrogen-bond donors (Lipinski definition) is 2. The molecule has 0 saturated carbocycles. The Kier molecular flexibility index (Phi) is 1.17. The molecule has 1 aliphatic rings. The second kappa shape index (κ2) is 1.83. The summed E-state index contributed by atoms with van der Waals surface area (Å²) in [4.78, 5) is 3.45. The monoisotopic (exact) mass is 113 g/mol. The fourth-order valence-corrected chi connectivity index (χ4v) is 0.380. The second-order valence-electron chi connectivity index (χ2n) is 1.33. The zero-order chi connectivity index (χ0) is 5.98. The number of aliphatic imine (C=N–C) groups is 1. The molecule has 4 heteroatoms. The lowest BCUT2D eigenvalue weighted by atomic mass is 10.5. The number of rotatable bonds is 0. The summed E-state index contributed by atoms with van der Waals surface area (Å²) in [6.07, 6.45) is 2.36. The van der Waals surface area contributed by atoms with Crippen molar-refractivity contribution in [2.45, 2.75) is 0 Å². The van der Waals surface area contributed by atoms with Gasteiger partial charge in [-0.05, 0) is 0 Å². The molecule has 1 aliphatic heterocycles. The number of hydroxylamine groups is 2. The average molecular weight is 113 g/mol. The number of nitrogens with zero attached hydrogens (tertiary/aromatic N) is 2. The van der Waals surface area contributed by atoms with E-state index in [0.29, 0.717) is 5.06 Å². The highest BCUT2D eigenvalue weighted by atomic mass is 16.5. The van der Waals surface area contributed by atoms with Crippen LogP contribution in [0.4, 0.5) is 0 Å². The molecule has 0 fully saturated rings.